The number of anilines is 1. The van der Waals surface area contributed by atoms with Crippen LogP contribution >= 0.6 is 0 Å². The van der Waals surface area contributed by atoms with Gasteiger partial charge in [-0.25, -0.2) is 4.39 Å². The summed E-state index contributed by atoms with van der Waals surface area (Å²) in [7, 11) is 0. The Hall–Kier alpha value is -1.30. The van der Waals surface area contributed by atoms with Crippen molar-refractivity contribution in [1.82, 2.24) is 0 Å². The van der Waals surface area contributed by atoms with Gasteiger partial charge < -0.3 is 10.4 Å². The highest BCUT2D eigenvalue weighted by molar-refractivity contribution is 5.49. The molecule has 1 rings (SSSR count). The van der Waals surface area contributed by atoms with E-state index >= 15 is 0 Å². The van der Waals surface area contributed by atoms with Crippen LogP contribution in [0, 0.1) is 0 Å². The van der Waals surface area contributed by atoms with Crippen LogP contribution in [0.25, 0.3) is 0 Å². The standard InChI is InChI=1S/C9H9F4NO/c10-4-6-1-7(9(11,12)13)3-8(2-6)14-5-15/h1-3,14-15H,4-5H2. The Bertz CT molecular complexity index is 337. The summed E-state index contributed by atoms with van der Waals surface area (Å²) in [6.45, 7) is -1.49. The second kappa shape index (κ2) is 4.48. The number of benzene rings is 1. The van der Waals surface area contributed by atoms with Gasteiger partial charge in [0, 0.05) is 5.69 Å². The molecule has 0 aliphatic rings. The zero-order valence-corrected chi connectivity index (χ0v) is 7.61. The van der Waals surface area contributed by atoms with Gasteiger partial charge in [0.15, 0.2) is 0 Å². The number of hydrogen-bond donors (Lipinski definition) is 2. The van der Waals surface area contributed by atoms with Gasteiger partial charge in [-0.05, 0) is 23.8 Å². The molecule has 6 heteroatoms. The summed E-state index contributed by atoms with van der Waals surface area (Å²) in [4.78, 5) is 0. The average Bonchev–Trinajstić information content (AvgIpc) is 2.16. The van der Waals surface area contributed by atoms with Gasteiger partial charge in [-0.1, -0.05) is 0 Å². The molecule has 0 heterocycles. The van der Waals surface area contributed by atoms with Gasteiger partial charge in [0.2, 0.25) is 0 Å². The van der Waals surface area contributed by atoms with Crippen molar-refractivity contribution in [3.8, 4) is 0 Å². The smallest absolute Gasteiger partial charge is 0.377 e. The molecule has 1 aromatic rings. The molecule has 0 aliphatic heterocycles. The molecule has 1 aromatic carbocycles. The molecule has 84 valence electrons. The van der Waals surface area contributed by atoms with Crippen molar-refractivity contribution in [2.24, 2.45) is 0 Å². The minimum atomic E-state index is -4.52. The molecule has 0 saturated heterocycles. The number of alkyl halides is 4. The van der Waals surface area contributed by atoms with Crippen molar-refractivity contribution in [1.29, 1.82) is 0 Å². The third kappa shape index (κ3) is 3.09. The van der Waals surface area contributed by atoms with E-state index in [-0.39, 0.29) is 11.3 Å². The van der Waals surface area contributed by atoms with Gasteiger partial charge in [0.05, 0.1) is 5.56 Å². The Kier molecular flexibility index (Phi) is 3.52. The Balaban J connectivity index is 3.11. The first kappa shape index (κ1) is 11.8. The summed E-state index contributed by atoms with van der Waals surface area (Å²) in [6.07, 6.45) is -4.52. The minimum Gasteiger partial charge on any atom is -0.377 e. The minimum absolute atomic E-state index is 0.0416. The van der Waals surface area contributed by atoms with Crippen molar-refractivity contribution in [3.63, 3.8) is 0 Å². The maximum Gasteiger partial charge on any atom is 0.416 e. The third-order valence-electron chi connectivity index (χ3n) is 1.76. The van der Waals surface area contributed by atoms with E-state index in [0.717, 1.165) is 12.1 Å². The van der Waals surface area contributed by atoms with Crippen molar-refractivity contribution in [3.05, 3.63) is 29.3 Å². The van der Waals surface area contributed by atoms with E-state index in [1.54, 1.807) is 0 Å². The van der Waals surface area contributed by atoms with Crippen molar-refractivity contribution in [2.75, 3.05) is 12.0 Å². The number of aliphatic hydroxyl groups is 1. The van der Waals surface area contributed by atoms with Gasteiger partial charge in [-0.15, -0.1) is 0 Å². The highest BCUT2D eigenvalue weighted by Gasteiger charge is 2.31. The fraction of sp³-hybridized carbons (Fsp3) is 0.333. The molecule has 0 bridgehead atoms. The molecule has 0 atom stereocenters. The van der Waals surface area contributed by atoms with Crippen LogP contribution < -0.4 is 5.32 Å². The molecule has 2 nitrogen and oxygen atoms in total. The monoisotopic (exact) mass is 223 g/mol. The maximum absolute atomic E-state index is 12.3. The SMILES string of the molecule is OCNc1cc(CF)cc(C(F)(F)F)c1. The Morgan fingerprint density at radius 2 is 1.87 bits per heavy atom. The van der Waals surface area contributed by atoms with Crippen LogP contribution in [0.4, 0.5) is 23.2 Å². The molecule has 0 radical (unpaired) electrons. The van der Waals surface area contributed by atoms with Gasteiger partial charge >= 0.3 is 6.18 Å². The van der Waals surface area contributed by atoms with Gasteiger partial charge in [0.1, 0.15) is 13.4 Å². The predicted molar refractivity (Wildman–Crippen MR) is 47.0 cm³/mol. The number of halogens is 4. The average molecular weight is 223 g/mol. The fourth-order valence-electron chi connectivity index (χ4n) is 1.13. The van der Waals surface area contributed by atoms with Gasteiger partial charge in [-0.3, -0.25) is 0 Å². The molecule has 0 unspecified atom stereocenters. The van der Waals surface area contributed by atoms with Crippen LogP contribution in [0.1, 0.15) is 11.1 Å². The zero-order valence-electron chi connectivity index (χ0n) is 7.61. The van der Waals surface area contributed by atoms with Gasteiger partial charge in [0.25, 0.3) is 0 Å². The van der Waals surface area contributed by atoms with E-state index in [4.69, 9.17) is 5.11 Å². The summed E-state index contributed by atoms with van der Waals surface area (Å²) in [5.74, 6) is 0. The van der Waals surface area contributed by atoms with E-state index in [2.05, 4.69) is 5.32 Å². The van der Waals surface area contributed by atoms with E-state index in [1.807, 2.05) is 0 Å². The summed E-state index contributed by atoms with van der Waals surface area (Å²) in [5, 5.41) is 10.8. The molecule has 0 spiro atoms. The van der Waals surface area contributed by atoms with E-state index < -0.39 is 25.1 Å². The second-order valence-electron chi connectivity index (χ2n) is 2.88. The van der Waals surface area contributed by atoms with Crippen LogP contribution in [-0.4, -0.2) is 11.8 Å². The van der Waals surface area contributed by atoms with E-state index in [0.29, 0.717) is 0 Å². The molecule has 0 amide bonds. The Morgan fingerprint density at radius 3 is 2.33 bits per heavy atom. The topological polar surface area (TPSA) is 32.3 Å². The molecular weight excluding hydrogens is 214 g/mol. The predicted octanol–water partition coefficient (Wildman–Crippen LogP) is 2.54. The molecule has 0 aromatic heterocycles. The van der Waals surface area contributed by atoms with Crippen LogP contribution in [0.15, 0.2) is 18.2 Å². The maximum atomic E-state index is 12.3. The molecule has 2 N–H and O–H groups in total. The van der Waals surface area contributed by atoms with Crippen LogP contribution in [-0.2, 0) is 12.9 Å². The van der Waals surface area contributed by atoms with Crippen molar-refractivity contribution in [2.45, 2.75) is 12.9 Å². The highest BCUT2D eigenvalue weighted by Crippen LogP contribution is 2.32. The van der Waals surface area contributed by atoms with Crippen molar-refractivity contribution < 1.29 is 22.7 Å². The first-order valence-electron chi connectivity index (χ1n) is 4.09. The first-order valence-corrected chi connectivity index (χ1v) is 4.09. The largest absolute Gasteiger partial charge is 0.416 e. The summed E-state index contributed by atoms with van der Waals surface area (Å²) < 4.78 is 49.2. The zero-order chi connectivity index (χ0) is 11.5. The van der Waals surface area contributed by atoms with Crippen LogP contribution in [0.5, 0.6) is 0 Å². The summed E-state index contributed by atoms with van der Waals surface area (Å²) in [6, 6.07) is 2.77. The second-order valence-corrected chi connectivity index (χ2v) is 2.88. The number of hydrogen-bond acceptors (Lipinski definition) is 2. The number of aliphatic hydroxyl groups excluding tert-OH is 1. The van der Waals surface area contributed by atoms with Crippen LogP contribution in [0.2, 0.25) is 0 Å². The molecule has 0 aliphatic carbocycles. The lowest BCUT2D eigenvalue weighted by atomic mass is 10.1. The summed E-state index contributed by atoms with van der Waals surface area (Å²) in [5.41, 5.74) is -0.977. The number of nitrogens with one attached hydrogen (secondary N) is 1. The molecule has 0 saturated carbocycles. The fourth-order valence-corrected chi connectivity index (χ4v) is 1.13. The quantitative estimate of drug-likeness (QED) is 0.609. The lowest BCUT2D eigenvalue weighted by Crippen LogP contribution is -2.08. The Labute approximate surface area is 83.5 Å². The van der Waals surface area contributed by atoms with Crippen LogP contribution in [0.3, 0.4) is 0 Å². The van der Waals surface area contributed by atoms with E-state index in [9.17, 15) is 17.6 Å². The Morgan fingerprint density at radius 1 is 1.20 bits per heavy atom. The third-order valence-corrected chi connectivity index (χ3v) is 1.76. The molecule has 0 fully saturated rings. The normalized spacial score (nSPS) is 11.5. The van der Waals surface area contributed by atoms with Gasteiger partial charge in [-0.2, -0.15) is 13.2 Å². The first-order chi connectivity index (χ1) is 6.97. The van der Waals surface area contributed by atoms with Crippen molar-refractivity contribution >= 4 is 5.69 Å². The molecule has 15 heavy (non-hydrogen) atoms. The molecular formula is C9H9F4NO. The highest BCUT2D eigenvalue weighted by atomic mass is 19.4. The number of rotatable bonds is 3. The lowest BCUT2D eigenvalue weighted by Gasteiger charge is -2.11. The summed E-state index contributed by atoms with van der Waals surface area (Å²) >= 11 is 0. The van der Waals surface area contributed by atoms with E-state index in [1.165, 1.54) is 6.07 Å². The lowest BCUT2D eigenvalue weighted by molar-refractivity contribution is -0.137.